The van der Waals surface area contributed by atoms with Gasteiger partial charge in [-0.2, -0.15) is 0 Å². The van der Waals surface area contributed by atoms with Crippen molar-refractivity contribution in [1.82, 2.24) is 9.97 Å². The Morgan fingerprint density at radius 3 is 1.77 bits per heavy atom. The van der Waals surface area contributed by atoms with Gasteiger partial charge in [-0.05, 0) is 23.6 Å². The fourth-order valence-electron chi connectivity index (χ4n) is 6.63. The molecule has 0 spiro atoms. The van der Waals surface area contributed by atoms with Crippen molar-refractivity contribution < 1.29 is 0 Å². The highest BCUT2D eigenvalue weighted by molar-refractivity contribution is 7.34. The van der Waals surface area contributed by atoms with Gasteiger partial charge in [-0.25, -0.2) is 9.97 Å². The molecular formula is C38H20N2S3. The van der Waals surface area contributed by atoms with Crippen molar-refractivity contribution in [2.45, 2.75) is 0 Å². The van der Waals surface area contributed by atoms with Gasteiger partial charge in [0.1, 0.15) is 0 Å². The van der Waals surface area contributed by atoms with Crippen molar-refractivity contribution in [3.63, 3.8) is 0 Å². The second kappa shape index (κ2) is 8.91. The molecule has 2 nitrogen and oxygen atoms in total. The summed E-state index contributed by atoms with van der Waals surface area (Å²) >= 11 is 5.64. The van der Waals surface area contributed by atoms with Crippen LogP contribution in [0.1, 0.15) is 0 Å². The molecule has 10 rings (SSSR count). The Bertz CT molecular complexity index is 2720. The number of nitrogens with zero attached hydrogens (tertiary/aromatic N) is 2. The summed E-state index contributed by atoms with van der Waals surface area (Å²) < 4.78 is 7.76. The molecule has 5 heteroatoms. The van der Waals surface area contributed by atoms with E-state index in [1.54, 1.807) is 0 Å². The normalized spacial score (nSPS) is 12.2. The van der Waals surface area contributed by atoms with Gasteiger partial charge in [0.2, 0.25) is 0 Å². The monoisotopic (exact) mass is 600 g/mol. The summed E-state index contributed by atoms with van der Waals surface area (Å²) in [5, 5.41) is 9.22. The summed E-state index contributed by atoms with van der Waals surface area (Å²) in [5.41, 5.74) is 4.17. The van der Waals surface area contributed by atoms with Crippen molar-refractivity contribution in [3.8, 4) is 22.6 Å². The van der Waals surface area contributed by atoms with Gasteiger partial charge >= 0.3 is 0 Å². The number of benzene rings is 6. The van der Waals surface area contributed by atoms with E-state index in [0.29, 0.717) is 0 Å². The number of fused-ring (bicyclic) bond motifs is 14. The van der Waals surface area contributed by atoms with Crippen LogP contribution in [0, 0.1) is 0 Å². The smallest absolute Gasteiger partial charge is 0.160 e. The largest absolute Gasteiger partial charge is 0.226 e. The van der Waals surface area contributed by atoms with E-state index in [4.69, 9.17) is 9.97 Å². The van der Waals surface area contributed by atoms with Crippen LogP contribution in [0.5, 0.6) is 0 Å². The third-order valence-electron chi connectivity index (χ3n) is 8.48. The second-order valence-electron chi connectivity index (χ2n) is 10.9. The molecule has 4 aromatic heterocycles. The highest BCUT2D eigenvalue weighted by atomic mass is 32.1. The van der Waals surface area contributed by atoms with Crippen LogP contribution in [-0.4, -0.2) is 9.97 Å². The van der Waals surface area contributed by atoms with E-state index in [1.807, 2.05) is 40.1 Å². The Morgan fingerprint density at radius 2 is 1.00 bits per heavy atom. The van der Waals surface area contributed by atoms with Crippen molar-refractivity contribution in [1.29, 1.82) is 0 Å². The lowest BCUT2D eigenvalue weighted by molar-refractivity contribution is 1.24. The highest BCUT2D eigenvalue weighted by Gasteiger charge is 2.24. The fraction of sp³-hybridized carbons (Fsp3) is 0. The lowest BCUT2D eigenvalue weighted by atomic mass is 9.96. The van der Waals surface area contributed by atoms with Crippen molar-refractivity contribution in [3.05, 3.63) is 121 Å². The summed E-state index contributed by atoms with van der Waals surface area (Å²) in [7, 11) is 0. The van der Waals surface area contributed by atoms with Gasteiger partial charge in [-0.3, -0.25) is 0 Å². The Balaban J connectivity index is 1.50. The molecule has 0 amide bonds. The minimum absolute atomic E-state index is 0.762. The first-order valence-electron chi connectivity index (χ1n) is 14.3. The van der Waals surface area contributed by atoms with E-state index in [2.05, 4.69) is 115 Å². The average Bonchev–Trinajstić information content (AvgIpc) is 3.76. The van der Waals surface area contributed by atoms with Gasteiger partial charge in [-0.15, -0.1) is 34.0 Å². The van der Waals surface area contributed by atoms with E-state index in [-0.39, 0.29) is 0 Å². The molecule has 0 unspecified atom stereocenters. The molecule has 0 saturated carbocycles. The minimum atomic E-state index is 0.762. The van der Waals surface area contributed by atoms with Crippen LogP contribution in [0.25, 0.3) is 94.1 Å². The van der Waals surface area contributed by atoms with E-state index in [1.165, 1.54) is 61.2 Å². The molecule has 0 bridgehead atoms. The molecule has 0 N–H and O–H groups in total. The Labute approximate surface area is 258 Å². The molecule has 43 heavy (non-hydrogen) atoms. The molecule has 0 atom stereocenters. The Morgan fingerprint density at radius 1 is 0.372 bits per heavy atom. The summed E-state index contributed by atoms with van der Waals surface area (Å²) in [6.07, 6.45) is 0. The molecule has 0 saturated heterocycles. The zero-order chi connectivity index (χ0) is 28.1. The average molecular weight is 601 g/mol. The Kier molecular flexibility index (Phi) is 4.94. The first-order valence-corrected chi connectivity index (χ1v) is 16.7. The lowest BCUT2D eigenvalue weighted by Crippen LogP contribution is -1.93. The van der Waals surface area contributed by atoms with Gasteiger partial charge in [0.05, 0.1) is 25.3 Å². The molecule has 10 aromatic rings. The van der Waals surface area contributed by atoms with Gasteiger partial charge in [0, 0.05) is 57.5 Å². The maximum atomic E-state index is 5.37. The number of thiophene rings is 3. The third kappa shape index (κ3) is 3.33. The van der Waals surface area contributed by atoms with Gasteiger partial charge in [0.25, 0.3) is 0 Å². The number of hydrogen-bond acceptors (Lipinski definition) is 5. The summed E-state index contributed by atoms with van der Waals surface area (Å²) in [6.45, 7) is 0. The highest BCUT2D eigenvalue weighted by Crippen LogP contribution is 2.53. The van der Waals surface area contributed by atoms with Crippen LogP contribution in [0.2, 0.25) is 0 Å². The van der Waals surface area contributed by atoms with Crippen LogP contribution in [0.3, 0.4) is 0 Å². The topological polar surface area (TPSA) is 25.8 Å². The van der Waals surface area contributed by atoms with Gasteiger partial charge in [0.15, 0.2) is 5.82 Å². The van der Waals surface area contributed by atoms with Crippen LogP contribution in [-0.2, 0) is 0 Å². The van der Waals surface area contributed by atoms with E-state index in [0.717, 1.165) is 32.9 Å². The quantitative estimate of drug-likeness (QED) is 0.197. The maximum Gasteiger partial charge on any atom is 0.160 e. The van der Waals surface area contributed by atoms with Gasteiger partial charge < -0.3 is 0 Å². The third-order valence-corrected chi connectivity index (χ3v) is 12.1. The summed E-state index contributed by atoms with van der Waals surface area (Å²) in [4.78, 5) is 10.6. The number of aromatic nitrogens is 2. The second-order valence-corrected chi connectivity index (χ2v) is 14.0. The SMILES string of the molecule is c1ccc(-c2nc(-c3ccccc3)c3sc4c5sc6ccccc6c5c5c(ccc6sc7ccccc7c65)c4c3n2)cc1. The van der Waals surface area contributed by atoms with E-state index >= 15 is 0 Å². The summed E-state index contributed by atoms with van der Waals surface area (Å²) in [5.74, 6) is 0.762. The molecule has 0 aliphatic heterocycles. The first-order chi connectivity index (χ1) is 21.3. The van der Waals surface area contributed by atoms with E-state index < -0.39 is 0 Å². The zero-order valence-electron chi connectivity index (χ0n) is 22.7. The molecule has 0 aliphatic rings. The molecule has 200 valence electrons. The molecule has 4 heterocycles. The molecule has 6 aromatic carbocycles. The van der Waals surface area contributed by atoms with Crippen LogP contribution < -0.4 is 0 Å². The standard InChI is InChI=1S/C38H20N2S3/c1-3-11-21(12-4-1)33-37-34(40-38(39-33)22-13-5-2-6-14-22)32-25-19-20-28-29(23-15-7-9-17-26(23)41-28)30(25)31-24-16-8-10-18-27(24)42-35(31)36(32)43-37/h1-20H. The van der Waals surface area contributed by atoms with Crippen molar-refractivity contribution in [2.24, 2.45) is 0 Å². The predicted octanol–water partition coefficient (Wildman–Crippen LogP) is 12.1. The lowest BCUT2D eigenvalue weighted by Gasteiger charge is -2.09. The maximum absolute atomic E-state index is 5.37. The molecular weight excluding hydrogens is 581 g/mol. The van der Waals surface area contributed by atoms with Crippen LogP contribution in [0.15, 0.2) is 121 Å². The summed E-state index contributed by atoms with van der Waals surface area (Å²) in [6, 6.07) is 43.4. The van der Waals surface area contributed by atoms with Crippen LogP contribution >= 0.6 is 34.0 Å². The van der Waals surface area contributed by atoms with Crippen LogP contribution in [0.4, 0.5) is 0 Å². The Hall–Kier alpha value is -4.68. The van der Waals surface area contributed by atoms with Crippen molar-refractivity contribution >= 4 is 105 Å². The predicted molar refractivity (Wildman–Crippen MR) is 189 cm³/mol. The van der Waals surface area contributed by atoms with Gasteiger partial charge in [-0.1, -0.05) is 103 Å². The van der Waals surface area contributed by atoms with Crippen molar-refractivity contribution in [2.75, 3.05) is 0 Å². The number of hydrogen-bond donors (Lipinski definition) is 0. The minimum Gasteiger partial charge on any atom is -0.226 e. The zero-order valence-corrected chi connectivity index (χ0v) is 25.1. The molecule has 0 radical (unpaired) electrons. The molecule has 0 aliphatic carbocycles. The fourth-order valence-corrected chi connectivity index (χ4v) is 10.4. The van der Waals surface area contributed by atoms with E-state index in [9.17, 15) is 0 Å². The number of rotatable bonds is 2. The first kappa shape index (κ1) is 23.8. The molecule has 0 fully saturated rings.